The first-order valence-corrected chi connectivity index (χ1v) is 5.02. The van der Waals surface area contributed by atoms with Gasteiger partial charge < -0.3 is 5.73 Å². The van der Waals surface area contributed by atoms with Gasteiger partial charge in [-0.15, -0.1) is 0 Å². The van der Waals surface area contributed by atoms with Gasteiger partial charge in [0, 0.05) is 13.1 Å². The number of nitro groups is 1. The summed E-state index contributed by atoms with van der Waals surface area (Å²) in [4.78, 5) is 23.6. The van der Waals surface area contributed by atoms with E-state index in [9.17, 15) is 14.9 Å². The summed E-state index contributed by atoms with van der Waals surface area (Å²) in [5.41, 5.74) is 6.43. The van der Waals surface area contributed by atoms with Crippen LogP contribution < -0.4 is 11.2 Å². The molecule has 0 saturated carbocycles. The third-order valence-electron chi connectivity index (χ3n) is 3.36. The fourth-order valence-corrected chi connectivity index (χ4v) is 2.52. The lowest BCUT2D eigenvalue weighted by molar-refractivity contribution is -0.531. The molecule has 0 aromatic rings. The Morgan fingerprint density at radius 1 is 1.53 bits per heavy atom. The second kappa shape index (κ2) is 3.42. The molecule has 1 unspecified atom stereocenters. The van der Waals surface area contributed by atoms with E-state index in [0.717, 1.165) is 25.9 Å². The molecule has 3 aliphatic rings. The number of nitrogens with zero attached hydrogens (tertiary/aromatic N) is 2. The van der Waals surface area contributed by atoms with Crippen molar-refractivity contribution in [1.29, 1.82) is 0 Å². The Morgan fingerprint density at radius 3 is 2.53 bits per heavy atom. The van der Waals surface area contributed by atoms with Gasteiger partial charge in [0.1, 0.15) is 0 Å². The summed E-state index contributed by atoms with van der Waals surface area (Å²) in [7, 11) is 0. The molecule has 84 valence electrons. The Labute approximate surface area is 86.7 Å². The standard InChI is InChI=1S/C8H14N4O3/c9-8(7(13)10-12(14)15)5-6-1-3-11(8)4-2-6/h6H,1-5,9H2,(H,10,13). The number of piperidine rings is 3. The molecule has 2 bridgehead atoms. The van der Waals surface area contributed by atoms with E-state index in [4.69, 9.17) is 5.73 Å². The number of hydrogen-bond donors (Lipinski definition) is 2. The van der Waals surface area contributed by atoms with Gasteiger partial charge in [0.2, 0.25) is 0 Å². The minimum atomic E-state index is -1.17. The zero-order valence-electron chi connectivity index (χ0n) is 8.31. The van der Waals surface area contributed by atoms with Crippen LogP contribution in [0.5, 0.6) is 0 Å². The molecule has 7 heteroatoms. The van der Waals surface area contributed by atoms with Crippen LogP contribution in [0.3, 0.4) is 0 Å². The largest absolute Gasteiger partial charge is 0.314 e. The molecule has 3 fully saturated rings. The lowest BCUT2D eigenvalue weighted by Crippen LogP contribution is -2.71. The number of rotatable bonds is 2. The van der Waals surface area contributed by atoms with Crippen molar-refractivity contribution < 1.29 is 9.83 Å². The summed E-state index contributed by atoms with van der Waals surface area (Å²) in [5, 5.41) is 9.35. The average molecular weight is 214 g/mol. The zero-order chi connectivity index (χ0) is 11.1. The van der Waals surface area contributed by atoms with Crippen LogP contribution in [0.25, 0.3) is 0 Å². The van der Waals surface area contributed by atoms with Crippen LogP contribution >= 0.6 is 0 Å². The molecule has 3 N–H and O–H groups in total. The summed E-state index contributed by atoms with van der Waals surface area (Å²) < 4.78 is 0. The van der Waals surface area contributed by atoms with Crippen molar-refractivity contribution >= 4 is 5.91 Å². The fourth-order valence-electron chi connectivity index (χ4n) is 2.52. The van der Waals surface area contributed by atoms with E-state index in [1.54, 1.807) is 5.43 Å². The van der Waals surface area contributed by atoms with Gasteiger partial charge in [-0.25, -0.2) is 10.1 Å². The minimum absolute atomic E-state index is 0.428. The number of hydrogen-bond acceptors (Lipinski definition) is 5. The predicted molar refractivity (Wildman–Crippen MR) is 51.0 cm³/mol. The van der Waals surface area contributed by atoms with Crippen LogP contribution in [0.15, 0.2) is 0 Å². The maximum Gasteiger partial charge on any atom is 0.314 e. The third-order valence-corrected chi connectivity index (χ3v) is 3.36. The molecule has 7 nitrogen and oxygen atoms in total. The van der Waals surface area contributed by atoms with Crippen molar-refractivity contribution in [2.75, 3.05) is 13.1 Å². The second-order valence-electron chi connectivity index (χ2n) is 4.26. The highest BCUT2D eigenvalue weighted by molar-refractivity contribution is 5.84. The summed E-state index contributed by atoms with van der Waals surface area (Å²) in [6.45, 7) is 1.51. The zero-order valence-corrected chi connectivity index (χ0v) is 8.31. The maximum atomic E-state index is 11.6. The van der Waals surface area contributed by atoms with Crippen LogP contribution in [0.2, 0.25) is 0 Å². The van der Waals surface area contributed by atoms with E-state index in [1.807, 2.05) is 4.90 Å². The number of carbonyl (C=O) groups excluding carboxylic acids is 1. The van der Waals surface area contributed by atoms with Gasteiger partial charge in [0.25, 0.3) is 0 Å². The van der Waals surface area contributed by atoms with E-state index >= 15 is 0 Å². The van der Waals surface area contributed by atoms with E-state index in [1.165, 1.54) is 0 Å². The van der Waals surface area contributed by atoms with Crippen molar-refractivity contribution in [2.24, 2.45) is 11.7 Å². The number of carbonyl (C=O) groups is 1. The molecule has 1 atom stereocenters. The molecule has 0 aromatic carbocycles. The smallest absolute Gasteiger partial charge is 0.305 e. The Balaban J connectivity index is 2.12. The molecule has 15 heavy (non-hydrogen) atoms. The Bertz CT molecular complexity index is 300. The molecule has 0 spiro atoms. The summed E-state index contributed by atoms with van der Waals surface area (Å²) >= 11 is 0. The van der Waals surface area contributed by atoms with Gasteiger partial charge in [-0.3, -0.25) is 9.69 Å². The van der Waals surface area contributed by atoms with Crippen LogP contribution in [-0.2, 0) is 4.79 Å². The number of hydrazine groups is 1. The van der Waals surface area contributed by atoms with Gasteiger partial charge in [0.15, 0.2) is 10.7 Å². The molecule has 3 rings (SSSR count). The van der Waals surface area contributed by atoms with Crippen LogP contribution in [-0.4, -0.2) is 34.6 Å². The number of fused-ring (bicyclic) bond motifs is 3. The Morgan fingerprint density at radius 2 is 2.13 bits per heavy atom. The Hall–Kier alpha value is -1.21. The van der Waals surface area contributed by atoms with Crippen molar-refractivity contribution in [2.45, 2.75) is 24.9 Å². The normalized spacial score (nSPS) is 38.7. The molecule has 3 heterocycles. The molecule has 3 aliphatic heterocycles. The van der Waals surface area contributed by atoms with Gasteiger partial charge >= 0.3 is 5.91 Å². The van der Waals surface area contributed by atoms with Gasteiger partial charge in [-0.2, -0.15) is 0 Å². The monoisotopic (exact) mass is 214 g/mol. The highest BCUT2D eigenvalue weighted by Gasteiger charge is 2.49. The minimum Gasteiger partial charge on any atom is -0.305 e. The molecule has 3 saturated heterocycles. The van der Waals surface area contributed by atoms with Crippen molar-refractivity contribution in [3.05, 3.63) is 10.1 Å². The molecule has 1 amide bonds. The van der Waals surface area contributed by atoms with E-state index < -0.39 is 16.6 Å². The fraction of sp³-hybridized carbons (Fsp3) is 0.875. The summed E-state index contributed by atoms with van der Waals surface area (Å²) in [5.74, 6) is -0.269. The van der Waals surface area contributed by atoms with Crippen molar-refractivity contribution in [1.82, 2.24) is 10.3 Å². The average Bonchev–Trinajstić information content (AvgIpc) is 2.18. The number of amides is 1. The quantitative estimate of drug-likeness (QED) is 0.456. The molecule has 0 radical (unpaired) electrons. The summed E-state index contributed by atoms with van der Waals surface area (Å²) in [6, 6.07) is 0. The van der Waals surface area contributed by atoms with E-state index in [-0.39, 0.29) is 0 Å². The van der Waals surface area contributed by atoms with Crippen LogP contribution in [0.4, 0.5) is 0 Å². The second-order valence-corrected chi connectivity index (χ2v) is 4.26. The van der Waals surface area contributed by atoms with Crippen molar-refractivity contribution in [3.63, 3.8) is 0 Å². The first-order chi connectivity index (χ1) is 7.02. The SMILES string of the molecule is NC1(C(=O)N[N+](=O)[O-])CC2CCN1CC2. The highest BCUT2D eigenvalue weighted by atomic mass is 16.7. The Kier molecular flexibility index (Phi) is 2.35. The number of nitrogens with one attached hydrogen (secondary N) is 1. The summed E-state index contributed by atoms with van der Waals surface area (Å²) in [6.07, 6.45) is 2.59. The number of nitrogens with two attached hydrogens (primary N) is 1. The van der Waals surface area contributed by atoms with Crippen LogP contribution in [0.1, 0.15) is 19.3 Å². The first-order valence-electron chi connectivity index (χ1n) is 5.02. The van der Waals surface area contributed by atoms with Gasteiger partial charge in [-0.05, 0) is 25.2 Å². The molecular formula is C8H14N4O3. The van der Waals surface area contributed by atoms with Gasteiger partial charge in [-0.1, -0.05) is 5.43 Å². The first kappa shape index (κ1) is 10.3. The maximum absolute atomic E-state index is 11.6. The molecular weight excluding hydrogens is 200 g/mol. The van der Waals surface area contributed by atoms with E-state index in [2.05, 4.69) is 0 Å². The van der Waals surface area contributed by atoms with E-state index in [0.29, 0.717) is 12.3 Å². The predicted octanol–water partition coefficient (Wildman–Crippen LogP) is -0.935. The lowest BCUT2D eigenvalue weighted by atomic mass is 9.79. The topological polar surface area (TPSA) is 102 Å². The van der Waals surface area contributed by atoms with Gasteiger partial charge in [0.05, 0.1) is 0 Å². The van der Waals surface area contributed by atoms with Crippen molar-refractivity contribution in [3.8, 4) is 0 Å². The molecule has 0 aromatic heterocycles. The highest BCUT2D eigenvalue weighted by Crippen LogP contribution is 2.36. The third kappa shape index (κ3) is 1.68. The molecule has 0 aliphatic carbocycles. The lowest BCUT2D eigenvalue weighted by Gasteiger charge is -2.50. The van der Waals surface area contributed by atoms with Crippen LogP contribution in [0, 0.1) is 16.0 Å².